The van der Waals surface area contributed by atoms with Gasteiger partial charge in [0.1, 0.15) is 0 Å². The Kier molecular flexibility index (Phi) is 4.60. The summed E-state index contributed by atoms with van der Waals surface area (Å²) in [7, 11) is 0. The van der Waals surface area contributed by atoms with E-state index in [4.69, 9.17) is 16.3 Å². The molecular weight excluding hydrogens is 236 g/mol. The Morgan fingerprint density at radius 3 is 2.59 bits per heavy atom. The largest absolute Gasteiger partial charge is 0.449 e. The molecule has 0 unspecified atom stereocenters. The van der Waals surface area contributed by atoms with Gasteiger partial charge in [-0.15, -0.1) is 0 Å². The molecule has 0 saturated carbocycles. The number of esters is 1. The molecule has 2 nitrogen and oxygen atoms in total. The van der Waals surface area contributed by atoms with Crippen LogP contribution in [0, 0.1) is 17.3 Å². The van der Waals surface area contributed by atoms with E-state index in [-0.39, 0.29) is 12.0 Å². The van der Waals surface area contributed by atoms with Crippen molar-refractivity contribution in [1.82, 2.24) is 0 Å². The first kappa shape index (κ1) is 13.6. The highest BCUT2D eigenvalue weighted by atomic mass is 35.5. The number of carbonyl (C=O) groups is 1. The summed E-state index contributed by atoms with van der Waals surface area (Å²) in [6.45, 7) is 6.07. The van der Waals surface area contributed by atoms with Gasteiger partial charge in [-0.1, -0.05) is 35.6 Å². The fourth-order valence-corrected chi connectivity index (χ4v) is 1.32. The minimum absolute atomic E-state index is 0.0846. The molecule has 0 heterocycles. The van der Waals surface area contributed by atoms with E-state index in [1.54, 1.807) is 24.3 Å². The van der Waals surface area contributed by atoms with Crippen LogP contribution in [0.2, 0.25) is 5.02 Å². The van der Waals surface area contributed by atoms with E-state index in [1.807, 2.05) is 20.8 Å². The van der Waals surface area contributed by atoms with Gasteiger partial charge in [-0.2, -0.15) is 0 Å². The molecule has 1 aromatic rings. The van der Waals surface area contributed by atoms with E-state index >= 15 is 0 Å². The maximum atomic E-state index is 11.6. The maximum Gasteiger partial charge on any atom is 0.340 e. The molecule has 0 fully saturated rings. The Hall–Kier alpha value is -1.46. The number of ether oxygens (including phenoxy) is 1. The van der Waals surface area contributed by atoms with E-state index in [2.05, 4.69) is 11.8 Å². The van der Waals surface area contributed by atoms with Crippen molar-refractivity contribution in [3.05, 3.63) is 34.9 Å². The zero-order chi connectivity index (χ0) is 12.9. The van der Waals surface area contributed by atoms with Crippen molar-refractivity contribution >= 4 is 17.6 Å². The molecule has 0 amide bonds. The van der Waals surface area contributed by atoms with Gasteiger partial charge in [0, 0.05) is 5.41 Å². The molecule has 1 aromatic carbocycles. The van der Waals surface area contributed by atoms with Crippen molar-refractivity contribution in [3.63, 3.8) is 0 Å². The third-order valence-electron chi connectivity index (χ3n) is 1.83. The van der Waals surface area contributed by atoms with Crippen LogP contribution in [0.4, 0.5) is 0 Å². The summed E-state index contributed by atoms with van der Waals surface area (Å²) in [4.78, 5) is 11.6. The zero-order valence-corrected chi connectivity index (χ0v) is 11.0. The first-order chi connectivity index (χ1) is 7.90. The van der Waals surface area contributed by atoms with Crippen molar-refractivity contribution in [3.8, 4) is 11.8 Å². The third-order valence-corrected chi connectivity index (χ3v) is 2.16. The summed E-state index contributed by atoms with van der Waals surface area (Å²) in [5.74, 6) is 5.35. The molecule has 0 radical (unpaired) electrons. The zero-order valence-electron chi connectivity index (χ0n) is 10.2. The van der Waals surface area contributed by atoms with E-state index in [0.29, 0.717) is 10.6 Å². The lowest BCUT2D eigenvalue weighted by Crippen LogP contribution is -2.07. The molecule has 0 saturated heterocycles. The average molecular weight is 251 g/mol. The average Bonchev–Trinajstić information content (AvgIpc) is 2.23. The van der Waals surface area contributed by atoms with Crippen molar-refractivity contribution < 1.29 is 9.53 Å². The van der Waals surface area contributed by atoms with Gasteiger partial charge in [0.05, 0.1) is 10.6 Å². The molecule has 0 bridgehead atoms. The lowest BCUT2D eigenvalue weighted by molar-refractivity contribution is 0.0556. The molecule has 0 aliphatic rings. The van der Waals surface area contributed by atoms with Gasteiger partial charge >= 0.3 is 5.97 Å². The number of rotatable bonds is 2. The highest BCUT2D eigenvalue weighted by Crippen LogP contribution is 2.15. The fraction of sp³-hybridized carbons (Fsp3) is 0.357. The van der Waals surface area contributed by atoms with Crippen molar-refractivity contribution in [2.45, 2.75) is 20.8 Å². The Morgan fingerprint density at radius 2 is 2.00 bits per heavy atom. The van der Waals surface area contributed by atoms with Crippen LogP contribution in [0.3, 0.4) is 0 Å². The smallest absolute Gasteiger partial charge is 0.340 e. The Morgan fingerprint density at radius 1 is 1.35 bits per heavy atom. The summed E-state index contributed by atoms with van der Waals surface area (Å²) in [5.41, 5.74) is 0.281. The molecule has 1 rings (SSSR count). The van der Waals surface area contributed by atoms with Crippen LogP contribution in [-0.4, -0.2) is 12.6 Å². The summed E-state index contributed by atoms with van der Waals surface area (Å²) in [5, 5.41) is 0.390. The Labute approximate surface area is 107 Å². The van der Waals surface area contributed by atoms with Gasteiger partial charge in [0.2, 0.25) is 0 Å². The minimum atomic E-state index is -0.446. The van der Waals surface area contributed by atoms with Crippen LogP contribution in [0.5, 0.6) is 0 Å². The third kappa shape index (κ3) is 4.93. The van der Waals surface area contributed by atoms with Gasteiger partial charge in [0.15, 0.2) is 6.61 Å². The number of hydrogen-bond acceptors (Lipinski definition) is 2. The molecule has 0 atom stereocenters. The maximum absolute atomic E-state index is 11.6. The summed E-state index contributed by atoms with van der Waals surface area (Å²) in [6, 6.07) is 6.78. The summed E-state index contributed by atoms with van der Waals surface area (Å²) < 4.78 is 5.01. The van der Waals surface area contributed by atoms with E-state index < -0.39 is 5.97 Å². The Balaban J connectivity index is 2.57. The van der Waals surface area contributed by atoms with E-state index in [0.717, 1.165) is 0 Å². The molecule has 0 aliphatic carbocycles. The molecule has 3 heteroatoms. The van der Waals surface area contributed by atoms with Crippen LogP contribution in [0.1, 0.15) is 31.1 Å². The van der Waals surface area contributed by atoms with Crippen LogP contribution < -0.4 is 0 Å². The summed E-state index contributed by atoms with van der Waals surface area (Å²) in [6.07, 6.45) is 0. The Bertz CT molecular complexity index is 461. The molecule has 0 spiro atoms. The normalized spacial score (nSPS) is 10.4. The van der Waals surface area contributed by atoms with Gasteiger partial charge in [-0.05, 0) is 32.9 Å². The van der Waals surface area contributed by atoms with Gasteiger partial charge in [0.25, 0.3) is 0 Å². The molecule has 0 aromatic heterocycles. The van der Waals surface area contributed by atoms with Crippen molar-refractivity contribution in [2.24, 2.45) is 5.41 Å². The molecule has 0 N–H and O–H groups in total. The van der Waals surface area contributed by atoms with Crippen molar-refractivity contribution in [1.29, 1.82) is 0 Å². The number of benzene rings is 1. The van der Waals surface area contributed by atoms with E-state index in [9.17, 15) is 4.79 Å². The van der Waals surface area contributed by atoms with Gasteiger partial charge < -0.3 is 4.74 Å². The van der Waals surface area contributed by atoms with Crippen molar-refractivity contribution in [2.75, 3.05) is 6.61 Å². The molecule has 17 heavy (non-hydrogen) atoms. The van der Waals surface area contributed by atoms with Crippen LogP contribution in [0.25, 0.3) is 0 Å². The lowest BCUT2D eigenvalue weighted by atomic mass is 9.98. The first-order valence-electron chi connectivity index (χ1n) is 5.32. The first-order valence-corrected chi connectivity index (χ1v) is 5.69. The number of hydrogen-bond donors (Lipinski definition) is 0. The topological polar surface area (TPSA) is 26.3 Å². The highest BCUT2D eigenvalue weighted by molar-refractivity contribution is 6.33. The van der Waals surface area contributed by atoms with Crippen LogP contribution in [-0.2, 0) is 4.74 Å². The summed E-state index contributed by atoms with van der Waals surface area (Å²) >= 11 is 5.87. The second-order valence-electron chi connectivity index (χ2n) is 4.61. The SMILES string of the molecule is CC(C)(C)C#CCOC(=O)c1ccccc1Cl. The molecule has 0 aliphatic heterocycles. The molecule has 90 valence electrons. The quantitative estimate of drug-likeness (QED) is 0.593. The second-order valence-corrected chi connectivity index (χ2v) is 5.01. The predicted molar refractivity (Wildman–Crippen MR) is 69.0 cm³/mol. The standard InChI is InChI=1S/C14H15ClO2/c1-14(2,3)9-6-10-17-13(16)11-7-4-5-8-12(11)15/h4-5,7-8H,10H2,1-3H3. The van der Waals surface area contributed by atoms with Crippen LogP contribution >= 0.6 is 11.6 Å². The van der Waals surface area contributed by atoms with Gasteiger partial charge in [-0.3, -0.25) is 0 Å². The second kappa shape index (κ2) is 5.75. The number of carbonyl (C=O) groups excluding carboxylic acids is 1. The van der Waals surface area contributed by atoms with E-state index in [1.165, 1.54) is 0 Å². The predicted octanol–water partition coefficient (Wildman–Crippen LogP) is 3.55. The lowest BCUT2D eigenvalue weighted by Gasteiger charge is -2.07. The molecular formula is C14H15ClO2. The van der Waals surface area contributed by atoms with Crippen LogP contribution in [0.15, 0.2) is 24.3 Å². The monoisotopic (exact) mass is 250 g/mol. The minimum Gasteiger partial charge on any atom is -0.449 e. The van der Waals surface area contributed by atoms with Gasteiger partial charge in [-0.25, -0.2) is 4.79 Å². The fourth-order valence-electron chi connectivity index (χ4n) is 1.11. The number of halogens is 1. The highest BCUT2D eigenvalue weighted by Gasteiger charge is 2.10.